The van der Waals surface area contributed by atoms with Crippen LogP contribution < -0.4 is 5.32 Å². The molecule has 0 aromatic carbocycles. The lowest BCUT2D eigenvalue weighted by molar-refractivity contribution is -0.148. The second-order valence-corrected chi connectivity index (χ2v) is 7.27. The van der Waals surface area contributed by atoms with Crippen molar-refractivity contribution in [1.29, 1.82) is 0 Å². The normalized spacial score (nSPS) is 26.9. The minimum Gasteiger partial charge on any atom is -0.311 e. The number of alkyl halides is 3. The summed E-state index contributed by atoms with van der Waals surface area (Å²) in [6.07, 6.45) is 2.53. The Morgan fingerprint density at radius 2 is 1.50 bits per heavy atom. The van der Waals surface area contributed by atoms with Crippen molar-refractivity contribution >= 4 is 0 Å². The Hall–Kier alpha value is -0.290. The SMILES string of the molecule is CC1(C)CCC(NC2CCN(CC(F)(F)F)CC2)CC1. The van der Waals surface area contributed by atoms with E-state index >= 15 is 0 Å². The molecule has 0 amide bonds. The van der Waals surface area contributed by atoms with E-state index in [0.717, 1.165) is 12.8 Å². The van der Waals surface area contributed by atoms with Crippen LogP contribution in [0.3, 0.4) is 0 Å². The molecule has 118 valence electrons. The highest BCUT2D eigenvalue weighted by Gasteiger charge is 2.33. The topological polar surface area (TPSA) is 15.3 Å². The number of halogens is 3. The molecule has 1 saturated carbocycles. The molecule has 2 fully saturated rings. The summed E-state index contributed by atoms with van der Waals surface area (Å²) in [5.74, 6) is 0. The molecule has 1 heterocycles. The molecule has 1 aliphatic carbocycles. The second kappa shape index (κ2) is 6.22. The van der Waals surface area contributed by atoms with Crippen LogP contribution in [0.25, 0.3) is 0 Å². The van der Waals surface area contributed by atoms with Gasteiger partial charge >= 0.3 is 6.18 Å². The van der Waals surface area contributed by atoms with E-state index < -0.39 is 12.7 Å². The standard InChI is InChI=1S/C15H27F3N2/c1-14(2)7-3-12(4-8-14)19-13-5-9-20(10-6-13)11-15(16,17)18/h12-13,19H,3-11H2,1-2H3. The first-order valence-electron chi connectivity index (χ1n) is 7.79. The fraction of sp³-hybridized carbons (Fsp3) is 1.00. The van der Waals surface area contributed by atoms with Crippen LogP contribution in [0.4, 0.5) is 13.2 Å². The molecule has 0 spiro atoms. The van der Waals surface area contributed by atoms with Gasteiger partial charge in [-0.1, -0.05) is 13.8 Å². The van der Waals surface area contributed by atoms with Crippen molar-refractivity contribution in [3.8, 4) is 0 Å². The van der Waals surface area contributed by atoms with Crippen LogP contribution in [0.2, 0.25) is 0 Å². The molecule has 1 aliphatic heterocycles. The third-order valence-corrected chi connectivity index (χ3v) is 4.80. The zero-order valence-corrected chi connectivity index (χ0v) is 12.6. The van der Waals surface area contributed by atoms with E-state index in [1.54, 1.807) is 0 Å². The number of likely N-dealkylation sites (tertiary alicyclic amines) is 1. The number of hydrogen-bond acceptors (Lipinski definition) is 2. The van der Waals surface area contributed by atoms with Gasteiger partial charge in [-0.25, -0.2) is 0 Å². The van der Waals surface area contributed by atoms with Crippen LogP contribution in [-0.4, -0.2) is 42.8 Å². The van der Waals surface area contributed by atoms with E-state index in [4.69, 9.17) is 0 Å². The van der Waals surface area contributed by atoms with Crippen LogP contribution in [0.1, 0.15) is 52.4 Å². The quantitative estimate of drug-likeness (QED) is 0.855. The van der Waals surface area contributed by atoms with Crippen LogP contribution >= 0.6 is 0 Å². The van der Waals surface area contributed by atoms with Crippen LogP contribution in [0.5, 0.6) is 0 Å². The number of rotatable bonds is 3. The minimum absolute atomic E-state index is 0.408. The average molecular weight is 292 g/mol. The number of hydrogen-bond donors (Lipinski definition) is 1. The molecule has 2 rings (SSSR count). The lowest BCUT2D eigenvalue weighted by Crippen LogP contribution is -2.49. The monoisotopic (exact) mass is 292 g/mol. The maximum atomic E-state index is 12.3. The van der Waals surface area contributed by atoms with Gasteiger partial charge in [0.25, 0.3) is 0 Å². The maximum Gasteiger partial charge on any atom is 0.401 e. The lowest BCUT2D eigenvalue weighted by atomic mass is 9.75. The van der Waals surface area contributed by atoms with E-state index in [0.29, 0.717) is 30.6 Å². The predicted octanol–water partition coefficient (Wildman–Crippen LogP) is 3.57. The highest BCUT2D eigenvalue weighted by Crippen LogP contribution is 2.35. The first kappa shape index (κ1) is 16.1. The van der Waals surface area contributed by atoms with Crippen LogP contribution in [0, 0.1) is 5.41 Å². The first-order valence-corrected chi connectivity index (χ1v) is 7.79. The molecule has 0 aromatic heterocycles. The first-order chi connectivity index (χ1) is 9.23. The summed E-state index contributed by atoms with van der Waals surface area (Å²) in [6, 6.07) is 0.980. The molecule has 0 radical (unpaired) electrons. The summed E-state index contributed by atoms with van der Waals surface area (Å²) in [6.45, 7) is 5.01. The molecule has 1 saturated heterocycles. The van der Waals surface area contributed by atoms with Crippen molar-refractivity contribution in [3.63, 3.8) is 0 Å². The van der Waals surface area contributed by atoms with Gasteiger partial charge in [0.05, 0.1) is 6.54 Å². The molecule has 5 heteroatoms. The van der Waals surface area contributed by atoms with E-state index in [9.17, 15) is 13.2 Å². The number of piperidine rings is 1. The fourth-order valence-electron chi connectivity index (χ4n) is 3.41. The Morgan fingerprint density at radius 3 is 2.00 bits per heavy atom. The van der Waals surface area contributed by atoms with E-state index in [1.807, 2.05) is 0 Å². The van der Waals surface area contributed by atoms with Gasteiger partial charge in [-0.3, -0.25) is 4.90 Å². The molecule has 0 bridgehead atoms. The molecule has 2 aliphatic rings. The molecule has 0 unspecified atom stereocenters. The fourth-order valence-corrected chi connectivity index (χ4v) is 3.41. The van der Waals surface area contributed by atoms with Gasteiger partial charge in [-0.05, 0) is 57.0 Å². The largest absolute Gasteiger partial charge is 0.401 e. The third-order valence-electron chi connectivity index (χ3n) is 4.80. The molecule has 20 heavy (non-hydrogen) atoms. The van der Waals surface area contributed by atoms with Crippen molar-refractivity contribution in [3.05, 3.63) is 0 Å². The highest BCUT2D eigenvalue weighted by molar-refractivity contribution is 4.86. The number of nitrogens with one attached hydrogen (secondary N) is 1. The van der Waals surface area contributed by atoms with Gasteiger partial charge in [0.2, 0.25) is 0 Å². The van der Waals surface area contributed by atoms with E-state index in [-0.39, 0.29) is 0 Å². The summed E-state index contributed by atoms with van der Waals surface area (Å²) in [5, 5.41) is 3.67. The zero-order chi connectivity index (χ0) is 14.8. The Balaban J connectivity index is 1.67. The zero-order valence-electron chi connectivity index (χ0n) is 12.6. The predicted molar refractivity (Wildman–Crippen MR) is 74.7 cm³/mol. The van der Waals surface area contributed by atoms with Crippen molar-refractivity contribution in [2.24, 2.45) is 5.41 Å². The Labute approximate surface area is 120 Å². The highest BCUT2D eigenvalue weighted by atomic mass is 19.4. The molecule has 1 N–H and O–H groups in total. The van der Waals surface area contributed by atoms with Crippen molar-refractivity contribution in [1.82, 2.24) is 10.2 Å². The summed E-state index contributed by atoms with van der Waals surface area (Å²) < 4.78 is 37.0. The second-order valence-electron chi connectivity index (χ2n) is 7.27. The van der Waals surface area contributed by atoms with Gasteiger partial charge < -0.3 is 5.32 Å². The Morgan fingerprint density at radius 1 is 1.00 bits per heavy atom. The molecule has 0 aromatic rings. The van der Waals surface area contributed by atoms with Crippen molar-refractivity contribution < 1.29 is 13.2 Å². The van der Waals surface area contributed by atoms with Crippen LogP contribution in [-0.2, 0) is 0 Å². The molecular formula is C15H27F3N2. The summed E-state index contributed by atoms with van der Waals surface area (Å²) in [7, 11) is 0. The van der Waals surface area contributed by atoms with Gasteiger partial charge in [0.1, 0.15) is 0 Å². The third kappa shape index (κ3) is 5.24. The lowest BCUT2D eigenvalue weighted by Gasteiger charge is -2.39. The summed E-state index contributed by atoms with van der Waals surface area (Å²) >= 11 is 0. The smallest absolute Gasteiger partial charge is 0.311 e. The van der Waals surface area contributed by atoms with E-state index in [2.05, 4.69) is 19.2 Å². The summed E-state index contributed by atoms with van der Waals surface area (Å²) in [5.41, 5.74) is 0.467. The van der Waals surface area contributed by atoms with Gasteiger partial charge in [0.15, 0.2) is 0 Å². The Kier molecular flexibility index (Phi) is 5.00. The Bertz CT molecular complexity index is 297. The average Bonchev–Trinajstić information content (AvgIpc) is 2.32. The molecule has 0 atom stereocenters. The maximum absolute atomic E-state index is 12.3. The van der Waals surface area contributed by atoms with Gasteiger partial charge in [-0.15, -0.1) is 0 Å². The van der Waals surface area contributed by atoms with Gasteiger partial charge in [0, 0.05) is 12.1 Å². The van der Waals surface area contributed by atoms with Gasteiger partial charge in [-0.2, -0.15) is 13.2 Å². The number of nitrogens with zero attached hydrogens (tertiary/aromatic N) is 1. The molecule has 2 nitrogen and oxygen atoms in total. The van der Waals surface area contributed by atoms with Crippen molar-refractivity contribution in [2.45, 2.75) is 70.6 Å². The van der Waals surface area contributed by atoms with E-state index in [1.165, 1.54) is 30.6 Å². The minimum atomic E-state index is -4.06. The van der Waals surface area contributed by atoms with Crippen LogP contribution in [0.15, 0.2) is 0 Å². The van der Waals surface area contributed by atoms with Crippen molar-refractivity contribution in [2.75, 3.05) is 19.6 Å². The summed E-state index contributed by atoms with van der Waals surface area (Å²) in [4.78, 5) is 1.53. The molecular weight excluding hydrogens is 265 g/mol.